The highest BCUT2D eigenvalue weighted by atomic mass is 79.9. The van der Waals surface area contributed by atoms with Crippen LogP contribution in [0.2, 0.25) is 0 Å². The maximum absolute atomic E-state index is 13.1. The summed E-state index contributed by atoms with van der Waals surface area (Å²) in [6.45, 7) is 0. The van der Waals surface area contributed by atoms with Crippen molar-refractivity contribution in [2.24, 2.45) is 4.99 Å². The van der Waals surface area contributed by atoms with Gasteiger partial charge in [-0.05, 0) is 12.1 Å². The average Bonchev–Trinajstić information content (AvgIpc) is 2.09. The van der Waals surface area contributed by atoms with Crippen molar-refractivity contribution in [2.75, 3.05) is 7.11 Å². The first kappa shape index (κ1) is 9.89. The van der Waals surface area contributed by atoms with Crippen LogP contribution in [0, 0.1) is 5.82 Å². The molecular weight excluding hydrogens is 241 g/mol. The van der Waals surface area contributed by atoms with Crippen molar-refractivity contribution in [2.45, 2.75) is 0 Å². The summed E-state index contributed by atoms with van der Waals surface area (Å²) in [5.41, 5.74) is -0.138. The largest absolute Gasteiger partial charge is 0.494 e. The molecule has 3 nitrogen and oxygen atoms in total. The van der Waals surface area contributed by atoms with Crippen molar-refractivity contribution < 1.29 is 13.9 Å². The van der Waals surface area contributed by atoms with Crippen LogP contribution in [0.1, 0.15) is 0 Å². The third kappa shape index (κ3) is 2.14. The summed E-state index contributed by atoms with van der Waals surface area (Å²) in [6, 6.07) is 2.71. The predicted octanol–water partition coefficient (Wildman–Crippen LogP) is 2.56. The molecular formula is C8H5BrFNO2. The Kier molecular flexibility index (Phi) is 3.17. The number of nitrogens with zero attached hydrogens (tertiary/aromatic N) is 1. The molecule has 5 heteroatoms. The Labute approximate surface area is 82.4 Å². The third-order valence-corrected chi connectivity index (χ3v) is 1.83. The molecule has 1 rings (SSSR count). The van der Waals surface area contributed by atoms with Gasteiger partial charge in [0.25, 0.3) is 0 Å². The lowest BCUT2D eigenvalue weighted by atomic mass is 10.3. The van der Waals surface area contributed by atoms with E-state index in [1.165, 1.54) is 25.3 Å². The molecule has 13 heavy (non-hydrogen) atoms. The zero-order valence-corrected chi connectivity index (χ0v) is 8.26. The molecule has 0 saturated carbocycles. The molecule has 0 spiro atoms. The van der Waals surface area contributed by atoms with Crippen molar-refractivity contribution in [1.29, 1.82) is 0 Å². The number of aliphatic imine (C=N–C) groups is 1. The van der Waals surface area contributed by atoms with Crippen LogP contribution in [0.25, 0.3) is 0 Å². The summed E-state index contributed by atoms with van der Waals surface area (Å²) in [7, 11) is 1.37. The second-order valence-electron chi connectivity index (χ2n) is 2.14. The summed E-state index contributed by atoms with van der Waals surface area (Å²) < 4.78 is 18.4. The third-order valence-electron chi connectivity index (χ3n) is 1.37. The minimum Gasteiger partial charge on any atom is -0.494 e. The lowest BCUT2D eigenvalue weighted by Crippen LogP contribution is -1.86. The van der Waals surface area contributed by atoms with Crippen molar-refractivity contribution in [3.05, 3.63) is 22.4 Å². The van der Waals surface area contributed by atoms with Gasteiger partial charge in [-0.3, -0.25) is 0 Å². The van der Waals surface area contributed by atoms with Gasteiger partial charge in [-0.2, -0.15) is 4.99 Å². The second kappa shape index (κ2) is 4.16. The van der Waals surface area contributed by atoms with E-state index in [1.54, 1.807) is 0 Å². The lowest BCUT2D eigenvalue weighted by molar-refractivity contribution is 0.412. The van der Waals surface area contributed by atoms with Crippen LogP contribution in [-0.4, -0.2) is 13.2 Å². The predicted molar refractivity (Wildman–Crippen MR) is 48.4 cm³/mol. The van der Waals surface area contributed by atoms with Gasteiger partial charge in [0.1, 0.15) is 5.75 Å². The van der Waals surface area contributed by atoms with E-state index >= 15 is 0 Å². The summed E-state index contributed by atoms with van der Waals surface area (Å²) in [6.07, 6.45) is 1.26. The van der Waals surface area contributed by atoms with Gasteiger partial charge >= 0.3 is 0 Å². The monoisotopic (exact) mass is 245 g/mol. The van der Waals surface area contributed by atoms with Crippen LogP contribution in [0.3, 0.4) is 0 Å². The molecule has 0 fully saturated rings. The first-order valence-electron chi connectivity index (χ1n) is 3.30. The highest BCUT2D eigenvalue weighted by molar-refractivity contribution is 9.10. The number of hydrogen-bond donors (Lipinski definition) is 0. The van der Waals surface area contributed by atoms with E-state index in [9.17, 15) is 9.18 Å². The van der Waals surface area contributed by atoms with Crippen LogP contribution in [0.5, 0.6) is 5.75 Å². The standard InChI is InChI=1S/C8H5BrFNO2/c1-13-7-3-5(9)2-6(10)8(7)11-4-12/h2-3H,1H3. The smallest absolute Gasteiger partial charge is 0.240 e. The van der Waals surface area contributed by atoms with Crippen LogP contribution in [-0.2, 0) is 4.79 Å². The molecule has 0 amide bonds. The molecule has 0 bridgehead atoms. The van der Waals surface area contributed by atoms with Crippen molar-refractivity contribution in [1.82, 2.24) is 0 Å². The number of isocyanates is 1. The van der Waals surface area contributed by atoms with E-state index in [-0.39, 0.29) is 11.4 Å². The minimum absolute atomic E-state index is 0.138. The van der Waals surface area contributed by atoms with Gasteiger partial charge in [0.05, 0.1) is 7.11 Å². The lowest BCUT2D eigenvalue weighted by Gasteiger charge is -2.04. The maximum Gasteiger partial charge on any atom is 0.240 e. The number of rotatable bonds is 2. The first-order valence-corrected chi connectivity index (χ1v) is 4.09. The molecule has 0 aliphatic rings. The summed E-state index contributed by atoms with van der Waals surface area (Å²) in [5, 5.41) is 0. The van der Waals surface area contributed by atoms with Gasteiger partial charge in [-0.1, -0.05) is 15.9 Å². The number of halogens is 2. The fraction of sp³-hybridized carbons (Fsp3) is 0.125. The van der Waals surface area contributed by atoms with E-state index in [0.29, 0.717) is 4.47 Å². The topological polar surface area (TPSA) is 38.7 Å². The molecule has 1 aromatic rings. The quantitative estimate of drug-likeness (QED) is 0.594. The number of benzene rings is 1. The number of hydrogen-bond acceptors (Lipinski definition) is 3. The molecule has 0 heterocycles. The van der Waals surface area contributed by atoms with E-state index in [1.807, 2.05) is 0 Å². The second-order valence-corrected chi connectivity index (χ2v) is 3.06. The van der Waals surface area contributed by atoms with E-state index in [4.69, 9.17) is 4.74 Å². The van der Waals surface area contributed by atoms with Crippen molar-refractivity contribution in [3.63, 3.8) is 0 Å². The molecule has 0 saturated heterocycles. The maximum atomic E-state index is 13.1. The molecule has 0 aromatic heterocycles. The number of methoxy groups -OCH3 is 1. The first-order chi connectivity index (χ1) is 6.19. The zero-order chi connectivity index (χ0) is 9.84. The molecule has 0 aliphatic carbocycles. The molecule has 68 valence electrons. The highest BCUT2D eigenvalue weighted by Gasteiger charge is 2.09. The fourth-order valence-electron chi connectivity index (χ4n) is 0.852. The molecule has 0 radical (unpaired) electrons. The van der Waals surface area contributed by atoms with Crippen molar-refractivity contribution in [3.8, 4) is 5.75 Å². The Morgan fingerprint density at radius 1 is 1.62 bits per heavy atom. The number of ether oxygens (including phenoxy) is 1. The van der Waals surface area contributed by atoms with E-state index in [2.05, 4.69) is 20.9 Å². The van der Waals surface area contributed by atoms with Crippen LogP contribution < -0.4 is 4.74 Å². The Balaban J connectivity index is 3.37. The fourth-order valence-corrected chi connectivity index (χ4v) is 1.26. The minimum atomic E-state index is -0.630. The molecule has 0 aliphatic heterocycles. The van der Waals surface area contributed by atoms with E-state index < -0.39 is 5.82 Å². The molecule has 0 unspecified atom stereocenters. The Bertz CT molecular complexity index is 375. The van der Waals surface area contributed by atoms with Crippen LogP contribution in [0.4, 0.5) is 10.1 Å². The highest BCUT2D eigenvalue weighted by Crippen LogP contribution is 2.33. The van der Waals surface area contributed by atoms with E-state index in [0.717, 1.165) is 0 Å². The normalized spacial score (nSPS) is 9.15. The van der Waals surface area contributed by atoms with Crippen LogP contribution >= 0.6 is 15.9 Å². The van der Waals surface area contributed by atoms with Gasteiger partial charge in [0.2, 0.25) is 6.08 Å². The van der Waals surface area contributed by atoms with Gasteiger partial charge in [0.15, 0.2) is 11.5 Å². The van der Waals surface area contributed by atoms with Gasteiger partial charge < -0.3 is 4.74 Å². The van der Waals surface area contributed by atoms with Gasteiger partial charge in [-0.15, -0.1) is 0 Å². The SMILES string of the molecule is COc1cc(Br)cc(F)c1N=C=O. The Morgan fingerprint density at radius 3 is 2.85 bits per heavy atom. The zero-order valence-electron chi connectivity index (χ0n) is 6.67. The number of carbonyl (C=O) groups excluding carboxylic acids is 1. The molecule has 0 N–H and O–H groups in total. The molecule has 0 atom stereocenters. The van der Waals surface area contributed by atoms with Crippen LogP contribution in [0.15, 0.2) is 21.6 Å². The summed E-state index contributed by atoms with van der Waals surface area (Å²) >= 11 is 3.08. The molecule has 1 aromatic carbocycles. The summed E-state index contributed by atoms with van der Waals surface area (Å²) in [4.78, 5) is 13.1. The van der Waals surface area contributed by atoms with Gasteiger partial charge in [-0.25, -0.2) is 9.18 Å². The van der Waals surface area contributed by atoms with Crippen molar-refractivity contribution >= 4 is 27.7 Å². The Morgan fingerprint density at radius 2 is 2.31 bits per heavy atom. The average molecular weight is 246 g/mol. The van der Waals surface area contributed by atoms with Gasteiger partial charge in [0, 0.05) is 4.47 Å². The summed E-state index contributed by atoms with van der Waals surface area (Å²) in [5.74, 6) is -0.440. The Hall–Kier alpha value is -1.19.